The molecular weight excluding hydrogens is 406 g/mol. The summed E-state index contributed by atoms with van der Waals surface area (Å²) in [7, 11) is 4.67. The van der Waals surface area contributed by atoms with Crippen molar-refractivity contribution in [1.82, 2.24) is 4.57 Å². The van der Waals surface area contributed by atoms with E-state index in [4.69, 9.17) is 18.9 Å². The Bertz CT molecular complexity index is 870. The summed E-state index contributed by atoms with van der Waals surface area (Å²) in [5, 5.41) is 0. The van der Waals surface area contributed by atoms with Crippen LogP contribution in [0.25, 0.3) is 0 Å². The molecule has 9 nitrogen and oxygen atoms in total. The monoisotopic (exact) mass is 433 g/mol. The topological polar surface area (TPSA) is 110 Å². The maximum atomic E-state index is 13.0. The molecule has 0 amide bonds. The van der Waals surface area contributed by atoms with E-state index in [1.165, 1.54) is 14.2 Å². The number of ether oxygens (including phenoxy) is 4. The minimum Gasteiger partial charge on any atom is -0.465 e. The molecule has 1 aromatic heterocycles. The standard InChI is InChI=1S/C22H27NO8/c1-28-18(24)14-15(19(25)29-2)17(21(27)31-4)23(16(14)20(26)30-3)22-8-11-5-12(9-22)7-13(6-11)10-22/h11-13H,5-10H2,1-4H3. The molecule has 4 fully saturated rings. The Morgan fingerprint density at radius 2 is 0.968 bits per heavy atom. The summed E-state index contributed by atoms with van der Waals surface area (Å²) in [6, 6.07) is 0. The summed E-state index contributed by atoms with van der Waals surface area (Å²) in [6.45, 7) is 0. The molecule has 0 saturated heterocycles. The number of rotatable bonds is 5. The lowest BCUT2D eigenvalue weighted by Gasteiger charge is -2.57. The number of aromatic nitrogens is 1. The predicted molar refractivity (Wildman–Crippen MR) is 106 cm³/mol. The van der Waals surface area contributed by atoms with Gasteiger partial charge in [0.25, 0.3) is 0 Å². The maximum absolute atomic E-state index is 13.0. The summed E-state index contributed by atoms with van der Waals surface area (Å²) in [5.74, 6) is -2.09. The van der Waals surface area contributed by atoms with E-state index in [9.17, 15) is 19.2 Å². The Morgan fingerprint density at radius 3 is 1.26 bits per heavy atom. The number of nitrogens with zero attached hydrogens (tertiary/aromatic N) is 1. The molecule has 0 radical (unpaired) electrons. The van der Waals surface area contributed by atoms with E-state index in [-0.39, 0.29) is 22.5 Å². The second-order valence-corrected chi connectivity index (χ2v) is 8.89. The van der Waals surface area contributed by atoms with Gasteiger partial charge in [0.15, 0.2) is 0 Å². The Hall–Kier alpha value is -2.84. The first-order valence-electron chi connectivity index (χ1n) is 10.4. The number of esters is 4. The Balaban J connectivity index is 2.09. The number of carbonyl (C=O) groups is 4. The van der Waals surface area contributed by atoms with Crippen molar-refractivity contribution in [3.63, 3.8) is 0 Å². The van der Waals surface area contributed by atoms with Crippen molar-refractivity contribution in [2.45, 2.75) is 44.1 Å². The van der Waals surface area contributed by atoms with Crippen molar-refractivity contribution in [1.29, 1.82) is 0 Å². The van der Waals surface area contributed by atoms with Crippen LogP contribution >= 0.6 is 0 Å². The molecule has 4 saturated carbocycles. The highest BCUT2D eigenvalue weighted by molar-refractivity contribution is 6.15. The van der Waals surface area contributed by atoms with Gasteiger partial charge in [0.05, 0.1) is 28.4 Å². The van der Waals surface area contributed by atoms with E-state index in [0.29, 0.717) is 17.8 Å². The van der Waals surface area contributed by atoms with Crippen molar-refractivity contribution < 1.29 is 38.1 Å². The first kappa shape index (κ1) is 21.4. The summed E-state index contributed by atoms with van der Waals surface area (Å²) in [5.41, 5.74) is -1.54. The fourth-order valence-corrected chi connectivity index (χ4v) is 6.57. The van der Waals surface area contributed by atoms with E-state index in [1.54, 1.807) is 4.57 Å². The van der Waals surface area contributed by atoms with E-state index >= 15 is 0 Å². The maximum Gasteiger partial charge on any atom is 0.355 e. The lowest BCUT2D eigenvalue weighted by molar-refractivity contribution is -0.0460. The quantitative estimate of drug-likeness (QED) is 0.515. The Labute approximate surface area is 180 Å². The molecule has 0 unspecified atom stereocenters. The first-order chi connectivity index (χ1) is 14.8. The summed E-state index contributed by atoms with van der Waals surface area (Å²) in [4.78, 5) is 51.6. The van der Waals surface area contributed by atoms with Crippen LogP contribution in [0.5, 0.6) is 0 Å². The molecule has 1 aromatic rings. The highest BCUT2D eigenvalue weighted by Crippen LogP contribution is 2.60. The van der Waals surface area contributed by atoms with Crippen molar-refractivity contribution in [2.24, 2.45) is 17.8 Å². The lowest BCUT2D eigenvalue weighted by Crippen LogP contribution is -2.53. The number of hydrogen-bond donors (Lipinski definition) is 0. The number of hydrogen-bond acceptors (Lipinski definition) is 8. The smallest absolute Gasteiger partial charge is 0.355 e. The first-order valence-corrected chi connectivity index (χ1v) is 10.4. The third-order valence-electron chi connectivity index (χ3n) is 7.19. The van der Waals surface area contributed by atoms with E-state index in [2.05, 4.69) is 0 Å². The van der Waals surface area contributed by atoms with Gasteiger partial charge in [-0.1, -0.05) is 0 Å². The van der Waals surface area contributed by atoms with Gasteiger partial charge in [-0.25, -0.2) is 19.2 Å². The Morgan fingerprint density at radius 1 is 0.645 bits per heavy atom. The highest BCUT2D eigenvalue weighted by atomic mass is 16.5. The van der Waals surface area contributed by atoms with Gasteiger partial charge in [-0.2, -0.15) is 0 Å². The van der Waals surface area contributed by atoms with Crippen LogP contribution < -0.4 is 0 Å². The zero-order valence-corrected chi connectivity index (χ0v) is 18.2. The summed E-state index contributed by atoms with van der Waals surface area (Å²) in [6.07, 6.45) is 5.62. The molecule has 0 aromatic carbocycles. The fraction of sp³-hybridized carbons (Fsp3) is 0.636. The highest BCUT2D eigenvalue weighted by Gasteiger charge is 2.55. The van der Waals surface area contributed by atoms with Crippen LogP contribution in [-0.4, -0.2) is 56.9 Å². The lowest BCUT2D eigenvalue weighted by atomic mass is 9.52. The summed E-state index contributed by atoms with van der Waals surface area (Å²) >= 11 is 0. The molecule has 4 aliphatic carbocycles. The SMILES string of the molecule is COC(=O)c1c(C(=O)OC)c(C(=O)OC)n(C23CC4CC(CC(C4)C2)C3)c1C(=O)OC. The van der Waals surface area contributed by atoms with Gasteiger partial charge >= 0.3 is 23.9 Å². The molecule has 4 aliphatic rings. The second-order valence-electron chi connectivity index (χ2n) is 8.89. The van der Waals surface area contributed by atoms with Crippen LogP contribution in [0.1, 0.15) is 80.2 Å². The summed E-state index contributed by atoms with van der Waals surface area (Å²) < 4.78 is 21.3. The molecule has 1 heterocycles. The van der Waals surface area contributed by atoms with Crippen molar-refractivity contribution >= 4 is 23.9 Å². The average molecular weight is 433 g/mol. The molecule has 0 atom stereocenters. The fourth-order valence-electron chi connectivity index (χ4n) is 6.57. The average Bonchev–Trinajstić information content (AvgIpc) is 3.13. The minimum atomic E-state index is -0.922. The van der Waals surface area contributed by atoms with Gasteiger partial charge in [0.2, 0.25) is 0 Å². The van der Waals surface area contributed by atoms with Crippen LogP contribution in [0, 0.1) is 17.8 Å². The number of carbonyl (C=O) groups excluding carboxylic acids is 4. The molecule has 0 N–H and O–H groups in total. The van der Waals surface area contributed by atoms with Gasteiger partial charge in [-0.15, -0.1) is 0 Å². The van der Waals surface area contributed by atoms with E-state index in [1.807, 2.05) is 0 Å². The molecule has 31 heavy (non-hydrogen) atoms. The normalized spacial score (nSPS) is 28.2. The van der Waals surface area contributed by atoms with Gasteiger partial charge in [-0.05, 0) is 56.3 Å². The predicted octanol–water partition coefficient (Wildman–Crippen LogP) is 2.56. The number of methoxy groups -OCH3 is 4. The zero-order valence-electron chi connectivity index (χ0n) is 18.2. The van der Waals surface area contributed by atoms with Crippen LogP contribution in [0.2, 0.25) is 0 Å². The zero-order chi connectivity index (χ0) is 22.5. The Kier molecular flexibility index (Phi) is 5.31. The van der Waals surface area contributed by atoms with Gasteiger partial charge < -0.3 is 23.5 Å². The largest absolute Gasteiger partial charge is 0.465 e. The van der Waals surface area contributed by atoms with Crippen LogP contribution in [0.15, 0.2) is 0 Å². The molecule has 0 spiro atoms. The van der Waals surface area contributed by atoms with E-state index in [0.717, 1.165) is 52.7 Å². The van der Waals surface area contributed by atoms with Gasteiger partial charge in [0, 0.05) is 5.54 Å². The van der Waals surface area contributed by atoms with Crippen LogP contribution in [-0.2, 0) is 24.5 Å². The molecule has 0 aliphatic heterocycles. The van der Waals surface area contributed by atoms with Crippen molar-refractivity contribution in [2.75, 3.05) is 28.4 Å². The second kappa shape index (κ2) is 7.69. The van der Waals surface area contributed by atoms with Gasteiger partial charge in [-0.3, -0.25) is 0 Å². The van der Waals surface area contributed by atoms with Crippen LogP contribution in [0.3, 0.4) is 0 Å². The molecule has 5 rings (SSSR count). The third-order valence-corrected chi connectivity index (χ3v) is 7.19. The molecule has 168 valence electrons. The minimum absolute atomic E-state index is 0.155. The molecule has 9 heteroatoms. The molecule has 4 bridgehead atoms. The van der Waals surface area contributed by atoms with Crippen molar-refractivity contribution in [3.05, 3.63) is 22.5 Å². The van der Waals surface area contributed by atoms with Gasteiger partial charge in [0.1, 0.15) is 22.5 Å². The molecular formula is C22H27NO8. The van der Waals surface area contributed by atoms with E-state index < -0.39 is 29.4 Å². The van der Waals surface area contributed by atoms with Crippen LogP contribution in [0.4, 0.5) is 0 Å². The van der Waals surface area contributed by atoms with Crippen molar-refractivity contribution in [3.8, 4) is 0 Å². The third kappa shape index (κ3) is 3.13.